The van der Waals surface area contributed by atoms with Crippen LogP contribution in [-0.2, 0) is 12.8 Å². The van der Waals surface area contributed by atoms with Gasteiger partial charge < -0.3 is 5.32 Å². The fourth-order valence-electron chi connectivity index (χ4n) is 4.84. The highest BCUT2D eigenvalue weighted by Gasteiger charge is 2.34. The summed E-state index contributed by atoms with van der Waals surface area (Å²) >= 11 is 0. The lowest BCUT2D eigenvalue weighted by molar-refractivity contribution is 0.0933. The third-order valence-corrected chi connectivity index (χ3v) is 6.52. The predicted molar refractivity (Wildman–Crippen MR) is 127 cm³/mol. The molecule has 0 fully saturated rings. The van der Waals surface area contributed by atoms with Gasteiger partial charge in [-0.2, -0.15) is 5.10 Å². The molecule has 0 aliphatic heterocycles. The Kier molecular flexibility index (Phi) is 6.16. The SMILES string of the molecule is CC(NC(=O)c1nn(-c2ccc(F)cc2F)c2c1CCC2Cc1cccc(F)c1)c1ccccc1. The molecule has 2 atom stereocenters. The monoisotopic (exact) mass is 475 g/mol. The van der Waals surface area contributed by atoms with Crippen molar-refractivity contribution >= 4 is 5.91 Å². The smallest absolute Gasteiger partial charge is 0.272 e. The summed E-state index contributed by atoms with van der Waals surface area (Å²) in [7, 11) is 0. The number of hydrogen-bond donors (Lipinski definition) is 1. The van der Waals surface area contributed by atoms with Crippen molar-refractivity contribution in [2.75, 3.05) is 0 Å². The van der Waals surface area contributed by atoms with Gasteiger partial charge in [-0.15, -0.1) is 0 Å². The Morgan fingerprint density at radius 1 is 1.03 bits per heavy atom. The lowest BCUT2D eigenvalue weighted by Gasteiger charge is -2.15. The van der Waals surface area contributed by atoms with Gasteiger partial charge in [0.2, 0.25) is 0 Å². The third kappa shape index (κ3) is 4.58. The van der Waals surface area contributed by atoms with Gasteiger partial charge in [0, 0.05) is 17.5 Å². The summed E-state index contributed by atoms with van der Waals surface area (Å²) in [4.78, 5) is 13.3. The zero-order valence-electron chi connectivity index (χ0n) is 19.1. The summed E-state index contributed by atoms with van der Waals surface area (Å²) in [6.45, 7) is 1.89. The molecule has 0 radical (unpaired) electrons. The van der Waals surface area contributed by atoms with E-state index in [0.717, 1.165) is 22.8 Å². The molecule has 0 bridgehead atoms. The molecule has 2 unspecified atom stereocenters. The highest BCUT2D eigenvalue weighted by atomic mass is 19.1. The maximum absolute atomic E-state index is 14.8. The molecular weight excluding hydrogens is 451 g/mol. The summed E-state index contributed by atoms with van der Waals surface area (Å²) < 4.78 is 43.6. The van der Waals surface area contributed by atoms with Crippen LogP contribution in [0.25, 0.3) is 5.69 Å². The standard InChI is InChI=1S/C28H24F3N3O/c1-17(19-7-3-2-4-8-19)32-28(35)26-23-12-10-20(14-18-6-5-9-21(29)15-18)27(23)34(33-26)25-13-11-22(30)16-24(25)31/h2-9,11,13,15-17,20H,10,12,14H2,1H3,(H,32,35). The molecule has 4 aromatic rings. The van der Waals surface area contributed by atoms with Crippen molar-refractivity contribution in [2.24, 2.45) is 0 Å². The Hall–Kier alpha value is -3.87. The summed E-state index contributed by atoms with van der Waals surface area (Å²) in [6.07, 6.45) is 1.81. The van der Waals surface area contributed by atoms with Crippen molar-refractivity contribution < 1.29 is 18.0 Å². The molecule has 4 nitrogen and oxygen atoms in total. The van der Waals surface area contributed by atoms with E-state index in [9.17, 15) is 18.0 Å². The highest BCUT2D eigenvalue weighted by Crippen LogP contribution is 2.39. The molecule has 3 aromatic carbocycles. The Morgan fingerprint density at radius 2 is 1.80 bits per heavy atom. The summed E-state index contributed by atoms with van der Waals surface area (Å²) in [5, 5.41) is 7.50. The minimum absolute atomic E-state index is 0.0731. The van der Waals surface area contributed by atoms with Gasteiger partial charge in [0.25, 0.3) is 5.91 Å². The van der Waals surface area contributed by atoms with Crippen LogP contribution in [0.4, 0.5) is 13.2 Å². The van der Waals surface area contributed by atoms with E-state index in [2.05, 4.69) is 10.4 Å². The molecule has 7 heteroatoms. The summed E-state index contributed by atoms with van der Waals surface area (Å²) in [5.74, 6) is -2.24. The van der Waals surface area contributed by atoms with E-state index in [0.29, 0.717) is 25.0 Å². The number of hydrogen-bond acceptors (Lipinski definition) is 2. The van der Waals surface area contributed by atoms with Gasteiger partial charge in [-0.25, -0.2) is 17.9 Å². The first-order chi connectivity index (χ1) is 16.9. The van der Waals surface area contributed by atoms with E-state index in [-0.39, 0.29) is 35.1 Å². The number of fused-ring (bicyclic) bond motifs is 1. The van der Waals surface area contributed by atoms with E-state index < -0.39 is 11.6 Å². The van der Waals surface area contributed by atoms with E-state index >= 15 is 0 Å². The number of carbonyl (C=O) groups is 1. The van der Waals surface area contributed by atoms with Crippen LogP contribution in [0.3, 0.4) is 0 Å². The lowest BCUT2D eigenvalue weighted by Crippen LogP contribution is -2.28. The van der Waals surface area contributed by atoms with E-state index in [1.807, 2.05) is 43.3 Å². The van der Waals surface area contributed by atoms with E-state index in [1.165, 1.54) is 28.9 Å². The quantitative estimate of drug-likeness (QED) is 0.369. The number of nitrogens with zero attached hydrogens (tertiary/aromatic N) is 2. The van der Waals surface area contributed by atoms with Gasteiger partial charge in [-0.1, -0.05) is 42.5 Å². The maximum atomic E-state index is 14.8. The Balaban J connectivity index is 1.54. The van der Waals surface area contributed by atoms with Gasteiger partial charge >= 0.3 is 0 Å². The van der Waals surface area contributed by atoms with Gasteiger partial charge in [0.05, 0.1) is 11.7 Å². The van der Waals surface area contributed by atoms with Crippen molar-refractivity contribution in [2.45, 2.75) is 38.1 Å². The van der Waals surface area contributed by atoms with Gasteiger partial charge in [-0.3, -0.25) is 4.79 Å². The van der Waals surface area contributed by atoms with Gasteiger partial charge in [0.15, 0.2) is 11.5 Å². The molecule has 0 spiro atoms. The third-order valence-electron chi connectivity index (χ3n) is 6.52. The van der Waals surface area contributed by atoms with Crippen LogP contribution in [-0.4, -0.2) is 15.7 Å². The average Bonchev–Trinajstić information content (AvgIpc) is 3.41. The average molecular weight is 476 g/mol. The van der Waals surface area contributed by atoms with Crippen LogP contribution >= 0.6 is 0 Å². The number of benzene rings is 3. The number of rotatable bonds is 6. The predicted octanol–water partition coefficient (Wildman–Crippen LogP) is 6.05. The molecule has 35 heavy (non-hydrogen) atoms. The number of halogens is 3. The van der Waals surface area contributed by atoms with Crippen LogP contribution in [0, 0.1) is 17.5 Å². The molecule has 1 amide bonds. The molecule has 178 valence electrons. The van der Waals surface area contributed by atoms with Crippen molar-refractivity contribution in [3.8, 4) is 5.69 Å². The Labute approximate surface area is 201 Å². The second kappa shape index (κ2) is 9.41. The first kappa shape index (κ1) is 22.9. The van der Waals surface area contributed by atoms with Crippen LogP contribution < -0.4 is 5.32 Å². The number of amides is 1. The zero-order chi connectivity index (χ0) is 24.5. The maximum Gasteiger partial charge on any atom is 0.272 e. The fourth-order valence-corrected chi connectivity index (χ4v) is 4.84. The molecule has 1 aliphatic carbocycles. The summed E-state index contributed by atoms with van der Waals surface area (Å²) in [5.41, 5.74) is 3.51. The zero-order valence-corrected chi connectivity index (χ0v) is 19.1. The second-order valence-corrected chi connectivity index (χ2v) is 8.90. The number of nitrogens with one attached hydrogen (secondary N) is 1. The minimum atomic E-state index is -0.767. The highest BCUT2D eigenvalue weighted by molar-refractivity contribution is 5.94. The fraction of sp³-hybridized carbons (Fsp3) is 0.214. The molecule has 1 aromatic heterocycles. The molecule has 1 heterocycles. The van der Waals surface area contributed by atoms with Crippen molar-refractivity contribution in [3.63, 3.8) is 0 Å². The second-order valence-electron chi connectivity index (χ2n) is 8.90. The van der Waals surface area contributed by atoms with Crippen molar-refractivity contribution in [3.05, 3.63) is 118 Å². The van der Waals surface area contributed by atoms with Crippen molar-refractivity contribution in [1.29, 1.82) is 0 Å². The molecule has 0 saturated heterocycles. The normalized spacial score (nSPS) is 15.6. The van der Waals surface area contributed by atoms with Crippen LogP contribution in [0.5, 0.6) is 0 Å². The largest absolute Gasteiger partial charge is 0.344 e. The minimum Gasteiger partial charge on any atom is -0.344 e. The number of aromatic nitrogens is 2. The molecule has 0 saturated carbocycles. The van der Waals surface area contributed by atoms with Crippen molar-refractivity contribution in [1.82, 2.24) is 15.1 Å². The molecule has 1 aliphatic rings. The Bertz CT molecular complexity index is 1380. The first-order valence-corrected chi connectivity index (χ1v) is 11.6. The van der Waals surface area contributed by atoms with E-state index in [4.69, 9.17) is 0 Å². The van der Waals surface area contributed by atoms with Gasteiger partial charge in [-0.05, 0) is 61.6 Å². The summed E-state index contributed by atoms with van der Waals surface area (Å²) in [6, 6.07) is 19.0. The molecular formula is C28H24F3N3O. The Morgan fingerprint density at radius 3 is 2.54 bits per heavy atom. The van der Waals surface area contributed by atoms with E-state index in [1.54, 1.807) is 6.07 Å². The van der Waals surface area contributed by atoms with Gasteiger partial charge in [0.1, 0.15) is 17.3 Å². The van der Waals surface area contributed by atoms with Crippen LogP contribution in [0.2, 0.25) is 0 Å². The van der Waals surface area contributed by atoms with Crippen LogP contribution in [0.15, 0.2) is 72.8 Å². The molecule has 1 N–H and O–H groups in total. The topological polar surface area (TPSA) is 46.9 Å². The van der Waals surface area contributed by atoms with Crippen LogP contribution in [0.1, 0.15) is 58.2 Å². The lowest BCUT2D eigenvalue weighted by atomic mass is 9.97. The molecule has 5 rings (SSSR count). The number of carbonyl (C=O) groups excluding carboxylic acids is 1. The first-order valence-electron chi connectivity index (χ1n) is 11.6.